The fraction of sp³-hybridized carbons (Fsp3) is 0.211. The molecule has 134 valence electrons. The number of benzene rings is 2. The van der Waals surface area contributed by atoms with Crippen molar-refractivity contribution in [2.24, 2.45) is 10.2 Å². The molecule has 7 nitrogen and oxygen atoms in total. The van der Waals surface area contributed by atoms with Crippen molar-refractivity contribution in [3.63, 3.8) is 0 Å². The van der Waals surface area contributed by atoms with E-state index < -0.39 is 5.91 Å². The molecule has 0 saturated carbocycles. The number of rotatable bonds is 6. The van der Waals surface area contributed by atoms with Gasteiger partial charge in [0, 0.05) is 29.8 Å². The molecule has 3 N–H and O–H groups in total. The lowest BCUT2D eigenvalue weighted by atomic mass is 10.2. The highest BCUT2D eigenvalue weighted by molar-refractivity contribution is 5.97. The molecule has 0 unspecified atom stereocenters. The minimum absolute atomic E-state index is 0.0419. The Bertz CT molecular complexity index is 945. The summed E-state index contributed by atoms with van der Waals surface area (Å²) in [7, 11) is 0. The molecular weight excluding hydrogens is 332 g/mol. The molecule has 3 rings (SSSR count). The first-order valence-electron chi connectivity index (χ1n) is 8.31. The minimum atomic E-state index is -0.504. The standard InChI is InChI=1S/C19H20N4O3/c1-2-26-12-11-23-16-6-4-3-5-15(16)17(19(23)25)21-22-18(24)13-7-9-14(20)10-8-13/h3-10,25H,2,11-12,20H2,1H3. The van der Waals surface area contributed by atoms with Crippen LogP contribution in [0.5, 0.6) is 5.88 Å². The number of carbonyl (C=O) groups is 1. The van der Waals surface area contributed by atoms with Crippen LogP contribution in [0.4, 0.5) is 11.4 Å². The van der Waals surface area contributed by atoms with Crippen molar-refractivity contribution in [2.75, 3.05) is 18.9 Å². The van der Waals surface area contributed by atoms with Crippen molar-refractivity contribution >= 4 is 28.2 Å². The van der Waals surface area contributed by atoms with E-state index in [2.05, 4.69) is 10.2 Å². The van der Waals surface area contributed by atoms with E-state index in [1.165, 1.54) is 0 Å². The van der Waals surface area contributed by atoms with Gasteiger partial charge < -0.3 is 20.1 Å². The van der Waals surface area contributed by atoms with Gasteiger partial charge >= 0.3 is 0 Å². The Labute approximate surface area is 150 Å². The highest BCUT2D eigenvalue weighted by Crippen LogP contribution is 2.38. The number of hydrogen-bond donors (Lipinski definition) is 2. The van der Waals surface area contributed by atoms with E-state index >= 15 is 0 Å². The predicted molar refractivity (Wildman–Crippen MR) is 99.8 cm³/mol. The molecular formula is C19H20N4O3. The van der Waals surface area contributed by atoms with Gasteiger partial charge in [0.1, 0.15) is 0 Å². The molecule has 0 fully saturated rings. The van der Waals surface area contributed by atoms with Gasteiger partial charge in [-0.05, 0) is 37.3 Å². The number of aromatic hydroxyl groups is 1. The molecule has 2 aromatic carbocycles. The van der Waals surface area contributed by atoms with Crippen LogP contribution < -0.4 is 5.73 Å². The first-order valence-corrected chi connectivity index (χ1v) is 8.31. The third-order valence-electron chi connectivity index (χ3n) is 3.98. The first kappa shape index (κ1) is 17.6. The average Bonchev–Trinajstić information content (AvgIpc) is 2.92. The van der Waals surface area contributed by atoms with E-state index in [0.717, 1.165) is 10.9 Å². The minimum Gasteiger partial charge on any atom is -0.493 e. The van der Waals surface area contributed by atoms with Crippen LogP contribution in [0.25, 0.3) is 10.9 Å². The summed E-state index contributed by atoms with van der Waals surface area (Å²) in [6.07, 6.45) is 0. The van der Waals surface area contributed by atoms with Crippen LogP contribution in [0.15, 0.2) is 58.8 Å². The maximum atomic E-state index is 12.2. The number of para-hydroxylation sites is 1. The smallest absolute Gasteiger partial charge is 0.295 e. The molecule has 0 aliphatic rings. The highest BCUT2D eigenvalue weighted by atomic mass is 16.5. The predicted octanol–water partition coefficient (Wildman–Crippen LogP) is 3.89. The van der Waals surface area contributed by atoms with Crippen molar-refractivity contribution in [2.45, 2.75) is 13.5 Å². The first-order chi connectivity index (χ1) is 12.6. The molecule has 0 spiro atoms. The fourth-order valence-corrected chi connectivity index (χ4v) is 2.68. The molecule has 0 saturated heterocycles. The molecule has 1 amide bonds. The second-order valence-corrected chi connectivity index (χ2v) is 5.67. The van der Waals surface area contributed by atoms with E-state index in [0.29, 0.717) is 31.0 Å². The lowest BCUT2D eigenvalue weighted by molar-refractivity contribution is 0.0995. The summed E-state index contributed by atoms with van der Waals surface area (Å²) in [5.41, 5.74) is 7.62. The monoisotopic (exact) mass is 352 g/mol. The van der Waals surface area contributed by atoms with Gasteiger partial charge in [-0.3, -0.25) is 4.79 Å². The summed E-state index contributed by atoms with van der Waals surface area (Å²) in [4.78, 5) is 12.2. The summed E-state index contributed by atoms with van der Waals surface area (Å²) in [6.45, 7) is 3.45. The highest BCUT2D eigenvalue weighted by Gasteiger charge is 2.16. The van der Waals surface area contributed by atoms with Gasteiger partial charge in [-0.15, -0.1) is 10.2 Å². The third-order valence-corrected chi connectivity index (χ3v) is 3.98. The van der Waals surface area contributed by atoms with Crippen LogP contribution in [0, 0.1) is 0 Å². The van der Waals surface area contributed by atoms with Crippen molar-refractivity contribution in [1.29, 1.82) is 0 Å². The number of azo groups is 1. The molecule has 3 aromatic rings. The van der Waals surface area contributed by atoms with Crippen LogP contribution in [-0.2, 0) is 11.3 Å². The molecule has 0 bridgehead atoms. The Balaban J connectivity index is 1.93. The third kappa shape index (κ3) is 3.57. The lowest BCUT2D eigenvalue weighted by Crippen LogP contribution is -2.05. The summed E-state index contributed by atoms with van der Waals surface area (Å²) in [5.74, 6) is -0.546. The average molecular weight is 352 g/mol. The number of nitrogen functional groups attached to an aromatic ring is 1. The van der Waals surface area contributed by atoms with Crippen LogP contribution in [0.2, 0.25) is 0 Å². The number of nitrogens with zero attached hydrogens (tertiary/aromatic N) is 3. The van der Waals surface area contributed by atoms with Crippen molar-refractivity contribution < 1.29 is 14.6 Å². The van der Waals surface area contributed by atoms with E-state index in [4.69, 9.17) is 10.5 Å². The Morgan fingerprint density at radius 2 is 1.92 bits per heavy atom. The number of hydrogen-bond acceptors (Lipinski definition) is 5. The Kier molecular flexibility index (Phi) is 5.28. The van der Waals surface area contributed by atoms with E-state index in [1.807, 2.05) is 31.2 Å². The van der Waals surface area contributed by atoms with Gasteiger partial charge in [0.05, 0.1) is 12.1 Å². The van der Waals surface area contributed by atoms with Crippen molar-refractivity contribution in [3.05, 3.63) is 54.1 Å². The zero-order valence-electron chi connectivity index (χ0n) is 14.4. The Morgan fingerprint density at radius 1 is 1.19 bits per heavy atom. The summed E-state index contributed by atoms with van der Waals surface area (Å²) in [5, 5.41) is 19.0. The Hall–Kier alpha value is -3.19. The van der Waals surface area contributed by atoms with Gasteiger partial charge in [-0.25, -0.2) is 0 Å². The Morgan fingerprint density at radius 3 is 2.65 bits per heavy atom. The normalized spacial score (nSPS) is 11.4. The van der Waals surface area contributed by atoms with E-state index in [-0.39, 0.29) is 11.6 Å². The van der Waals surface area contributed by atoms with Gasteiger partial charge in [-0.2, -0.15) is 0 Å². The number of ether oxygens (including phenoxy) is 1. The SMILES string of the molecule is CCOCCn1c(O)c(N=NC(=O)c2ccc(N)cc2)c2ccccc21. The molecule has 7 heteroatoms. The van der Waals surface area contributed by atoms with Crippen LogP contribution in [0.3, 0.4) is 0 Å². The lowest BCUT2D eigenvalue weighted by Gasteiger charge is -2.06. The molecule has 0 radical (unpaired) electrons. The van der Waals surface area contributed by atoms with Gasteiger partial charge in [-0.1, -0.05) is 18.2 Å². The number of nitrogens with two attached hydrogens (primary N) is 1. The molecule has 0 atom stereocenters. The molecule has 0 aliphatic carbocycles. The van der Waals surface area contributed by atoms with E-state index in [1.54, 1.807) is 28.8 Å². The zero-order valence-corrected chi connectivity index (χ0v) is 14.4. The maximum Gasteiger partial charge on any atom is 0.295 e. The molecule has 1 heterocycles. The van der Waals surface area contributed by atoms with Gasteiger partial charge in [0.15, 0.2) is 5.69 Å². The second-order valence-electron chi connectivity index (χ2n) is 5.67. The van der Waals surface area contributed by atoms with Crippen LogP contribution in [0.1, 0.15) is 17.3 Å². The topological polar surface area (TPSA) is 102 Å². The van der Waals surface area contributed by atoms with E-state index in [9.17, 15) is 9.90 Å². The van der Waals surface area contributed by atoms with Gasteiger partial charge in [0.25, 0.3) is 5.91 Å². The van der Waals surface area contributed by atoms with Crippen molar-refractivity contribution in [1.82, 2.24) is 4.57 Å². The van der Waals surface area contributed by atoms with Gasteiger partial charge in [0.2, 0.25) is 5.88 Å². The van der Waals surface area contributed by atoms with Crippen LogP contribution in [-0.4, -0.2) is 28.8 Å². The summed E-state index contributed by atoms with van der Waals surface area (Å²) >= 11 is 0. The summed E-state index contributed by atoms with van der Waals surface area (Å²) in [6, 6.07) is 13.8. The number of fused-ring (bicyclic) bond motifs is 1. The van der Waals surface area contributed by atoms with Crippen molar-refractivity contribution in [3.8, 4) is 5.88 Å². The maximum absolute atomic E-state index is 12.2. The largest absolute Gasteiger partial charge is 0.493 e. The van der Waals surface area contributed by atoms with Crippen LogP contribution >= 0.6 is 0 Å². The summed E-state index contributed by atoms with van der Waals surface area (Å²) < 4.78 is 7.07. The molecule has 26 heavy (non-hydrogen) atoms. The number of aromatic nitrogens is 1. The quantitative estimate of drug-likeness (QED) is 0.399. The zero-order chi connectivity index (χ0) is 18.5. The number of carbonyl (C=O) groups excluding carboxylic acids is 1. The molecule has 0 aliphatic heterocycles. The second kappa shape index (κ2) is 7.79. The number of amides is 1. The number of anilines is 1. The molecule has 1 aromatic heterocycles. The fourth-order valence-electron chi connectivity index (χ4n) is 2.68.